The third-order valence-corrected chi connectivity index (χ3v) is 5.65. The van der Waals surface area contributed by atoms with Crippen LogP contribution in [-0.2, 0) is 0 Å². The van der Waals surface area contributed by atoms with Crippen molar-refractivity contribution in [3.8, 4) is 28.6 Å². The fraction of sp³-hybridized carbons (Fsp3) is 0.214. The molecule has 0 aliphatic carbocycles. The van der Waals surface area contributed by atoms with Crippen molar-refractivity contribution in [2.24, 2.45) is 0 Å². The van der Waals surface area contributed by atoms with Gasteiger partial charge in [0.05, 0.1) is 19.6 Å². The van der Waals surface area contributed by atoms with Crippen LogP contribution in [0.25, 0.3) is 22.3 Å². The van der Waals surface area contributed by atoms with Gasteiger partial charge in [0, 0.05) is 11.1 Å². The quantitative estimate of drug-likeness (QED) is 0.329. The third-order valence-electron chi connectivity index (χ3n) is 5.65. The molecule has 0 radical (unpaired) electrons. The highest BCUT2D eigenvalue weighted by atomic mass is 16.5. The highest BCUT2D eigenvalue weighted by molar-refractivity contribution is 5.99. The summed E-state index contributed by atoms with van der Waals surface area (Å²) < 4.78 is 23.1. The maximum atomic E-state index is 13.6. The zero-order valence-corrected chi connectivity index (χ0v) is 19.8. The Hall–Kier alpha value is -4.06. The minimum absolute atomic E-state index is 0.0264. The topological polar surface area (TPSA) is 75.0 Å². The molecule has 1 heterocycles. The highest BCUT2D eigenvalue weighted by Gasteiger charge is 2.25. The zero-order valence-electron chi connectivity index (χ0n) is 19.8. The highest BCUT2D eigenvalue weighted by Crippen LogP contribution is 2.37. The number of fused-ring (bicyclic) bond motifs is 1. The molecular formula is C28H26O6. The Morgan fingerprint density at radius 1 is 0.912 bits per heavy atom. The molecule has 174 valence electrons. The normalized spacial score (nSPS) is 11.8. The average molecular weight is 459 g/mol. The van der Waals surface area contributed by atoms with Crippen LogP contribution in [0, 0.1) is 13.8 Å². The summed E-state index contributed by atoms with van der Waals surface area (Å²) in [5.74, 6) is 0.970. The Bertz CT molecular complexity index is 1420. The van der Waals surface area contributed by atoms with Gasteiger partial charge in [0.15, 0.2) is 23.4 Å². The molecule has 4 rings (SSSR count). The molecule has 0 amide bonds. The first-order valence-electron chi connectivity index (χ1n) is 10.9. The second-order valence-electron chi connectivity index (χ2n) is 8.11. The summed E-state index contributed by atoms with van der Waals surface area (Å²) in [6.07, 6.45) is -0.910. The molecule has 0 saturated carbocycles. The van der Waals surface area contributed by atoms with Gasteiger partial charge >= 0.3 is 0 Å². The summed E-state index contributed by atoms with van der Waals surface area (Å²) in [5, 5.41) is 0.399. The van der Waals surface area contributed by atoms with Gasteiger partial charge < -0.3 is 18.6 Å². The molecule has 0 bridgehead atoms. The maximum Gasteiger partial charge on any atom is 0.235 e. The van der Waals surface area contributed by atoms with Crippen LogP contribution in [-0.4, -0.2) is 26.1 Å². The molecule has 0 saturated heterocycles. The lowest BCUT2D eigenvalue weighted by Crippen LogP contribution is -2.26. The molecular weight excluding hydrogens is 432 g/mol. The second kappa shape index (κ2) is 9.43. The molecule has 6 heteroatoms. The zero-order chi connectivity index (χ0) is 24.4. The average Bonchev–Trinajstić information content (AvgIpc) is 2.85. The molecule has 1 unspecified atom stereocenters. The SMILES string of the molecule is COc1ccc(-c2oc3c(C)cc(C)cc3c(=O)c2OC(C)C(=O)c2ccccc2)cc1OC. The van der Waals surface area contributed by atoms with Crippen molar-refractivity contribution in [1.29, 1.82) is 0 Å². The molecule has 0 aliphatic heterocycles. The van der Waals surface area contributed by atoms with Gasteiger partial charge in [-0.2, -0.15) is 0 Å². The lowest BCUT2D eigenvalue weighted by atomic mass is 10.0. The first kappa shape index (κ1) is 23.1. The van der Waals surface area contributed by atoms with Gasteiger partial charge in [0.2, 0.25) is 17.0 Å². The molecule has 1 atom stereocenters. The van der Waals surface area contributed by atoms with E-state index in [9.17, 15) is 9.59 Å². The Balaban J connectivity index is 1.91. The van der Waals surface area contributed by atoms with E-state index in [1.54, 1.807) is 62.6 Å². The van der Waals surface area contributed by atoms with Crippen LogP contribution in [0.1, 0.15) is 28.4 Å². The van der Waals surface area contributed by atoms with Crippen molar-refractivity contribution in [1.82, 2.24) is 0 Å². The lowest BCUT2D eigenvalue weighted by Gasteiger charge is -2.18. The number of carbonyl (C=O) groups is 1. The van der Waals surface area contributed by atoms with E-state index in [-0.39, 0.29) is 22.7 Å². The van der Waals surface area contributed by atoms with Crippen molar-refractivity contribution in [2.75, 3.05) is 14.2 Å². The number of ether oxygens (including phenoxy) is 3. The molecule has 0 N–H and O–H groups in total. The van der Waals surface area contributed by atoms with Gasteiger partial charge in [-0.1, -0.05) is 36.4 Å². The third kappa shape index (κ3) is 4.27. The Morgan fingerprint density at radius 3 is 2.29 bits per heavy atom. The van der Waals surface area contributed by atoms with Crippen molar-refractivity contribution in [3.63, 3.8) is 0 Å². The number of Topliss-reactive ketones (excluding diaryl/α,β-unsaturated/α-hetero) is 1. The minimum atomic E-state index is -0.910. The van der Waals surface area contributed by atoms with E-state index in [4.69, 9.17) is 18.6 Å². The molecule has 0 spiro atoms. The van der Waals surface area contributed by atoms with Crippen LogP contribution in [0.15, 0.2) is 69.9 Å². The summed E-state index contributed by atoms with van der Waals surface area (Å²) in [6.45, 7) is 5.42. The van der Waals surface area contributed by atoms with Crippen LogP contribution in [0.4, 0.5) is 0 Å². The minimum Gasteiger partial charge on any atom is -0.493 e. The summed E-state index contributed by atoms with van der Waals surface area (Å²) in [6, 6.07) is 17.7. The predicted molar refractivity (Wildman–Crippen MR) is 131 cm³/mol. The van der Waals surface area contributed by atoms with Crippen molar-refractivity contribution >= 4 is 16.8 Å². The van der Waals surface area contributed by atoms with Gasteiger partial charge in [-0.15, -0.1) is 0 Å². The van der Waals surface area contributed by atoms with E-state index in [2.05, 4.69) is 0 Å². The molecule has 4 aromatic rings. The monoisotopic (exact) mass is 458 g/mol. The fourth-order valence-electron chi connectivity index (χ4n) is 3.97. The van der Waals surface area contributed by atoms with Crippen molar-refractivity contribution in [3.05, 3.63) is 87.6 Å². The Labute approximate surface area is 197 Å². The van der Waals surface area contributed by atoms with E-state index in [1.807, 2.05) is 26.0 Å². The van der Waals surface area contributed by atoms with Crippen LogP contribution < -0.4 is 19.6 Å². The number of benzene rings is 3. The number of hydrogen-bond acceptors (Lipinski definition) is 6. The Morgan fingerprint density at radius 2 is 1.62 bits per heavy atom. The number of hydrogen-bond donors (Lipinski definition) is 0. The smallest absolute Gasteiger partial charge is 0.235 e. The van der Waals surface area contributed by atoms with Gasteiger partial charge in [-0.05, 0) is 56.2 Å². The number of aryl methyl sites for hydroxylation is 2. The van der Waals surface area contributed by atoms with Gasteiger partial charge in [0.1, 0.15) is 5.58 Å². The van der Waals surface area contributed by atoms with E-state index in [0.717, 1.165) is 11.1 Å². The lowest BCUT2D eigenvalue weighted by molar-refractivity contribution is 0.0815. The maximum absolute atomic E-state index is 13.6. The first-order chi connectivity index (χ1) is 16.3. The first-order valence-corrected chi connectivity index (χ1v) is 10.9. The van der Waals surface area contributed by atoms with Gasteiger partial charge in [-0.3, -0.25) is 9.59 Å². The largest absolute Gasteiger partial charge is 0.493 e. The molecule has 3 aromatic carbocycles. The second-order valence-corrected chi connectivity index (χ2v) is 8.11. The predicted octanol–water partition coefficient (Wildman–Crippen LogP) is 5.74. The number of carbonyl (C=O) groups excluding carboxylic acids is 1. The summed E-state index contributed by atoms with van der Waals surface area (Å²) in [4.78, 5) is 26.6. The van der Waals surface area contributed by atoms with Crippen LogP contribution in [0.5, 0.6) is 17.2 Å². The number of ketones is 1. The Kier molecular flexibility index (Phi) is 6.41. The van der Waals surface area contributed by atoms with Crippen molar-refractivity contribution < 1.29 is 23.4 Å². The van der Waals surface area contributed by atoms with Crippen LogP contribution in [0.3, 0.4) is 0 Å². The molecule has 1 aromatic heterocycles. The van der Waals surface area contributed by atoms with E-state index in [0.29, 0.717) is 33.6 Å². The standard InChI is InChI=1S/C28H26O6/c1-16-13-17(2)26-21(14-16)25(30)28(33-18(3)24(29)19-9-7-6-8-10-19)27(34-26)20-11-12-22(31-4)23(15-20)32-5/h6-15,18H,1-5H3. The molecule has 6 nitrogen and oxygen atoms in total. The van der Waals surface area contributed by atoms with E-state index in [1.165, 1.54) is 7.11 Å². The summed E-state index contributed by atoms with van der Waals surface area (Å²) >= 11 is 0. The van der Waals surface area contributed by atoms with E-state index >= 15 is 0 Å². The summed E-state index contributed by atoms with van der Waals surface area (Å²) in [5.41, 5.74) is 2.94. The van der Waals surface area contributed by atoms with Crippen molar-refractivity contribution in [2.45, 2.75) is 26.9 Å². The summed E-state index contributed by atoms with van der Waals surface area (Å²) in [7, 11) is 3.08. The number of rotatable bonds is 7. The van der Waals surface area contributed by atoms with Gasteiger partial charge in [-0.25, -0.2) is 0 Å². The number of methoxy groups -OCH3 is 2. The molecule has 34 heavy (non-hydrogen) atoms. The van der Waals surface area contributed by atoms with E-state index < -0.39 is 6.10 Å². The van der Waals surface area contributed by atoms with Crippen LogP contribution in [0.2, 0.25) is 0 Å². The van der Waals surface area contributed by atoms with Gasteiger partial charge in [0.25, 0.3) is 0 Å². The van der Waals surface area contributed by atoms with Crippen LogP contribution >= 0.6 is 0 Å². The molecule has 0 aliphatic rings. The molecule has 0 fully saturated rings. The fourth-order valence-corrected chi connectivity index (χ4v) is 3.97.